The van der Waals surface area contributed by atoms with Crippen molar-refractivity contribution in [1.82, 2.24) is 0 Å². The zero-order chi connectivity index (χ0) is 26.1. The molecule has 0 aromatic heterocycles. The van der Waals surface area contributed by atoms with Crippen LogP contribution in [0.4, 0.5) is 0 Å². The number of hydrogen-bond donors (Lipinski definition) is 0. The van der Waals surface area contributed by atoms with Crippen molar-refractivity contribution in [3.05, 3.63) is 77.9 Å². The van der Waals surface area contributed by atoms with Gasteiger partial charge < -0.3 is 4.74 Å². The van der Waals surface area contributed by atoms with E-state index < -0.39 is 5.60 Å². The first-order valence-electron chi connectivity index (χ1n) is 15.4. The lowest BCUT2D eigenvalue weighted by Crippen LogP contribution is -2.75. The predicted octanol–water partition coefficient (Wildman–Crippen LogP) is 8.50. The number of carbonyl (C=O) groups is 1. The topological polar surface area (TPSA) is 26.3 Å². The van der Waals surface area contributed by atoms with Crippen LogP contribution in [0.2, 0.25) is 0 Å². The van der Waals surface area contributed by atoms with Gasteiger partial charge in [-0.25, -0.2) is 0 Å². The highest BCUT2D eigenvalue weighted by Crippen LogP contribution is 2.72. The van der Waals surface area contributed by atoms with Crippen LogP contribution in [0.5, 0.6) is 0 Å². The maximum Gasteiger partial charge on any atom is 0.166 e. The van der Waals surface area contributed by atoms with Crippen molar-refractivity contribution in [2.45, 2.75) is 90.3 Å². The van der Waals surface area contributed by atoms with E-state index >= 15 is 0 Å². The molecule has 4 saturated carbocycles. The van der Waals surface area contributed by atoms with Gasteiger partial charge in [0.1, 0.15) is 5.60 Å². The van der Waals surface area contributed by atoms with Gasteiger partial charge in [0.25, 0.3) is 0 Å². The average molecular weight is 509 g/mol. The van der Waals surface area contributed by atoms with Crippen molar-refractivity contribution in [1.29, 1.82) is 0 Å². The van der Waals surface area contributed by atoms with Crippen LogP contribution in [0.1, 0.15) is 89.7 Å². The molecule has 2 aromatic rings. The first-order chi connectivity index (χ1) is 18.4. The van der Waals surface area contributed by atoms with Crippen LogP contribution in [0.25, 0.3) is 5.57 Å². The van der Waals surface area contributed by atoms with Crippen LogP contribution in [0.15, 0.2) is 66.7 Å². The first-order valence-corrected chi connectivity index (χ1v) is 15.4. The molecule has 0 unspecified atom stereocenters. The molecule has 200 valence electrons. The molecule has 8 rings (SSSR count). The minimum Gasteiger partial charge on any atom is -0.363 e. The maximum atomic E-state index is 14.4. The number of benzene rings is 2. The Morgan fingerprint density at radius 2 is 1.58 bits per heavy atom. The number of fused-ring (bicyclic) bond motifs is 3. The second-order valence-electron chi connectivity index (χ2n) is 14.0. The SMILES string of the molecule is C[C@H](CC=C(c1ccccc1)c1ccccc1)[C@@H]1CC[C@@H]2[C@H]3CC[C@H]4C[C@H]5CC[C@@]4(C)[C@@]3(O5)C(=O)C[C@]21C. The van der Waals surface area contributed by atoms with Crippen molar-refractivity contribution >= 4 is 11.4 Å². The molecule has 2 heterocycles. The zero-order valence-corrected chi connectivity index (χ0v) is 23.5. The number of rotatable bonds is 5. The van der Waals surface area contributed by atoms with E-state index in [0.717, 1.165) is 19.3 Å². The molecule has 0 N–H and O–H groups in total. The van der Waals surface area contributed by atoms with Crippen molar-refractivity contribution < 1.29 is 9.53 Å². The fourth-order valence-electron chi connectivity index (χ4n) is 10.7. The van der Waals surface area contributed by atoms with Crippen LogP contribution in [0, 0.1) is 40.4 Å². The Balaban J connectivity index is 1.17. The van der Waals surface area contributed by atoms with Gasteiger partial charge in [-0.15, -0.1) is 0 Å². The molecule has 4 bridgehead atoms. The number of hydrogen-bond acceptors (Lipinski definition) is 2. The van der Waals surface area contributed by atoms with Gasteiger partial charge in [0.15, 0.2) is 5.78 Å². The van der Waals surface area contributed by atoms with Crippen molar-refractivity contribution in [2.24, 2.45) is 40.4 Å². The smallest absolute Gasteiger partial charge is 0.166 e. The molecule has 9 atom stereocenters. The Hall–Kier alpha value is -2.19. The van der Waals surface area contributed by atoms with E-state index in [9.17, 15) is 4.79 Å². The summed E-state index contributed by atoms with van der Waals surface area (Å²) in [4.78, 5) is 14.4. The Bertz CT molecular complexity index is 1190. The van der Waals surface area contributed by atoms with Crippen molar-refractivity contribution in [2.75, 3.05) is 0 Å². The molecule has 2 aliphatic heterocycles. The minimum atomic E-state index is -0.479. The number of ketones is 1. The van der Waals surface area contributed by atoms with Crippen LogP contribution in [0.3, 0.4) is 0 Å². The van der Waals surface area contributed by atoms with E-state index in [4.69, 9.17) is 4.74 Å². The van der Waals surface area contributed by atoms with E-state index in [1.165, 1.54) is 55.2 Å². The molecule has 0 radical (unpaired) electrons. The highest BCUT2D eigenvalue weighted by Gasteiger charge is 2.74. The molecule has 2 saturated heterocycles. The van der Waals surface area contributed by atoms with Crippen LogP contribution in [-0.2, 0) is 9.53 Å². The second-order valence-corrected chi connectivity index (χ2v) is 14.0. The summed E-state index contributed by atoms with van der Waals surface area (Å²) in [5.74, 6) is 3.34. The molecule has 38 heavy (non-hydrogen) atoms. The average Bonchev–Trinajstić information content (AvgIpc) is 3.26. The molecule has 4 aliphatic carbocycles. The Morgan fingerprint density at radius 1 is 0.921 bits per heavy atom. The largest absolute Gasteiger partial charge is 0.363 e. The summed E-state index contributed by atoms with van der Waals surface area (Å²) in [6.45, 7) is 7.38. The van der Waals surface area contributed by atoms with Crippen LogP contribution in [-0.4, -0.2) is 17.5 Å². The zero-order valence-electron chi connectivity index (χ0n) is 23.5. The first kappa shape index (κ1) is 24.8. The fourth-order valence-corrected chi connectivity index (χ4v) is 10.7. The van der Waals surface area contributed by atoms with Crippen molar-refractivity contribution in [3.8, 4) is 0 Å². The van der Waals surface area contributed by atoms with E-state index in [1.54, 1.807) is 0 Å². The van der Waals surface area contributed by atoms with Crippen LogP contribution >= 0.6 is 0 Å². The monoisotopic (exact) mass is 508 g/mol. The third kappa shape index (κ3) is 3.38. The Kier molecular flexibility index (Phi) is 5.82. The standard InChI is InChI=1S/C36H44O2/c1-24(14-16-29(25-10-6-4-7-11-25)26-12-8-5-9-13-26)30-18-19-31-32-17-15-27-22-28-20-21-35(27,3)36(32,38-28)33(37)23-34(30,31)2/h4-13,16,24,27-28,30-32H,14-15,17-23H2,1-3H3/t24-,27+,28-,30+,31-,32-,34+,35-,36+/m1/s1. The predicted molar refractivity (Wildman–Crippen MR) is 153 cm³/mol. The third-order valence-electron chi connectivity index (χ3n) is 12.5. The van der Waals surface area contributed by atoms with Gasteiger partial charge in [0.2, 0.25) is 0 Å². The van der Waals surface area contributed by atoms with Gasteiger partial charge >= 0.3 is 0 Å². The van der Waals surface area contributed by atoms with E-state index in [1.807, 2.05) is 0 Å². The number of Topliss-reactive ketones (excluding diaryl/α,β-unsaturated/α-hetero) is 1. The number of ether oxygens (including phenoxy) is 1. The van der Waals surface area contributed by atoms with Gasteiger partial charge in [0.05, 0.1) is 6.10 Å². The number of carbonyl (C=O) groups excluding carboxylic acids is 1. The maximum absolute atomic E-state index is 14.4. The molecule has 6 fully saturated rings. The lowest BCUT2D eigenvalue weighted by Gasteiger charge is -2.70. The summed E-state index contributed by atoms with van der Waals surface area (Å²) in [6, 6.07) is 21.6. The molecule has 0 amide bonds. The Morgan fingerprint density at radius 3 is 2.26 bits per heavy atom. The van der Waals surface area contributed by atoms with Gasteiger partial charge in [-0.05, 0) is 103 Å². The molecule has 2 heteroatoms. The molecular weight excluding hydrogens is 464 g/mol. The van der Waals surface area contributed by atoms with Gasteiger partial charge in [0, 0.05) is 11.8 Å². The molecule has 6 aliphatic rings. The fraction of sp³-hybridized carbons (Fsp3) is 0.583. The van der Waals surface area contributed by atoms with E-state index in [-0.39, 0.29) is 10.8 Å². The van der Waals surface area contributed by atoms with Crippen molar-refractivity contribution in [3.63, 3.8) is 0 Å². The highest BCUT2D eigenvalue weighted by molar-refractivity contribution is 5.91. The minimum absolute atomic E-state index is 0.0653. The molecular formula is C36H44O2. The lowest BCUT2D eigenvalue weighted by atomic mass is 9.40. The van der Waals surface area contributed by atoms with Gasteiger partial charge in [-0.2, -0.15) is 0 Å². The number of allylic oxidation sites excluding steroid dienone is 1. The molecule has 1 spiro atoms. The van der Waals surface area contributed by atoms with E-state index in [0.29, 0.717) is 41.5 Å². The summed E-state index contributed by atoms with van der Waals surface area (Å²) in [6.07, 6.45) is 13.2. The summed E-state index contributed by atoms with van der Waals surface area (Å²) < 4.78 is 6.93. The van der Waals surface area contributed by atoms with Gasteiger partial charge in [-0.1, -0.05) is 87.5 Å². The van der Waals surface area contributed by atoms with E-state index in [2.05, 4.69) is 87.5 Å². The summed E-state index contributed by atoms with van der Waals surface area (Å²) in [5, 5.41) is 0. The molecule has 2 aromatic carbocycles. The lowest BCUT2D eigenvalue weighted by molar-refractivity contribution is -0.307. The highest BCUT2D eigenvalue weighted by atomic mass is 16.5. The molecule has 2 nitrogen and oxygen atoms in total. The summed E-state index contributed by atoms with van der Waals surface area (Å²) >= 11 is 0. The summed E-state index contributed by atoms with van der Waals surface area (Å²) in [5.41, 5.74) is 3.58. The second kappa shape index (κ2) is 8.91. The normalized spacial score (nSPS) is 41.8. The Labute approximate surface area is 229 Å². The summed E-state index contributed by atoms with van der Waals surface area (Å²) in [7, 11) is 0. The quantitative estimate of drug-likeness (QED) is 0.405. The van der Waals surface area contributed by atoms with Gasteiger partial charge in [-0.3, -0.25) is 4.79 Å². The van der Waals surface area contributed by atoms with Crippen LogP contribution < -0.4 is 0 Å². The third-order valence-corrected chi connectivity index (χ3v) is 12.5.